The Bertz CT molecular complexity index is 1030. The van der Waals surface area contributed by atoms with E-state index in [1.165, 1.54) is 0 Å². The fourth-order valence-electron chi connectivity index (χ4n) is 4.13. The van der Waals surface area contributed by atoms with Gasteiger partial charge >= 0.3 is 0 Å². The topological polar surface area (TPSA) is 85.3 Å². The first-order valence-corrected chi connectivity index (χ1v) is 9.73. The van der Waals surface area contributed by atoms with Gasteiger partial charge in [-0.1, -0.05) is 42.5 Å². The number of rotatable bonds is 4. The maximum Gasteiger partial charge on any atom is 0.205 e. The molecule has 146 valence electrons. The van der Waals surface area contributed by atoms with Crippen molar-refractivity contribution in [3.63, 3.8) is 0 Å². The van der Waals surface area contributed by atoms with Gasteiger partial charge in [0.05, 0.1) is 12.5 Å². The maximum atomic E-state index is 13.2. The Morgan fingerprint density at radius 2 is 1.83 bits per heavy atom. The number of benzene rings is 2. The number of nitriles is 1. The van der Waals surface area contributed by atoms with E-state index in [4.69, 9.17) is 15.2 Å². The van der Waals surface area contributed by atoms with Gasteiger partial charge in [-0.2, -0.15) is 5.26 Å². The smallest absolute Gasteiger partial charge is 0.205 e. The molecule has 0 saturated carbocycles. The van der Waals surface area contributed by atoms with Crippen molar-refractivity contribution in [3.05, 3.63) is 88.5 Å². The molecule has 29 heavy (non-hydrogen) atoms. The molecular formula is C24H22N2O3. The summed E-state index contributed by atoms with van der Waals surface area (Å²) in [4.78, 5) is 13.2. The van der Waals surface area contributed by atoms with Crippen LogP contribution in [-0.4, -0.2) is 12.4 Å². The SMILES string of the molecule is CCOc1ccc([C@H]2C(C#N)=C(N)OC3=C2C(=O)C[C@H](c2ccccc2)C3)cc1. The average molecular weight is 386 g/mol. The highest BCUT2D eigenvalue weighted by Crippen LogP contribution is 2.46. The number of allylic oxidation sites excluding steroid dienone is 3. The number of hydrogen-bond donors (Lipinski definition) is 1. The number of hydrogen-bond acceptors (Lipinski definition) is 5. The second-order valence-electron chi connectivity index (χ2n) is 7.20. The standard InChI is InChI=1S/C24H22N2O3/c1-2-28-18-10-8-16(9-11-18)22-19(14-25)24(26)29-21-13-17(12-20(27)23(21)22)15-6-4-3-5-7-15/h3-11,17,22H,2,12-13,26H2,1H3/t17-,22-/m0/s1. The minimum atomic E-state index is -0.511. The lowest BCUT2D eigenvalue weighted by atomic mass is 9.73. The molecule has 1 aliphatic carbocycles. The van der Waals surface area contributed by atoms with E-state index in [0.29, 0.717) is 30.8 Å². The molecule has 2 aliphatic rings. The highest BCUT2D eigenvalue weighted by atomic mass is 16.5. The quantitative estimate of drug-likeness (QED) is 0.847. The van der Waals surface area contributed by atoms with E-state index in [2.05, 4.69) is 6.07 Å². The van der Waals surface area contributed by atoms with Gasteiger partial charge in [-0.05, 0) is 36.1 Å². The lowest BCUT2D eigenvalue weighted by molar-refractivity contribution is -0.117. The van der Waals surface area contributed by atoms with Gasteiger partial charge in [-0.25, -0.2) is 0 Å². The third-order valence-electron chi connectivity index (χ3n) is 5.46. The number of carbonyl (C=O) groups is 1. The molecule has 0 aromatic heterocycles. The van der Waals surface area contributed by atoms with Gasteiger partial charge in [0.1, 0.15) is 23.2 Å². The first kappa shape index (κ1) is 18.8. The zero-order chi connectivity index (χ0) is 20.4. The Labute approximate surface area is 170 Å². The molecule has 1 heterocycles. The first-order valence-electron chi connectivity index (χ1n) is 9.73. The first-order chi connectivity index (χ1) is 14.1. The highest BCUT2D eigenvalue weighted by molar-refractivity contribution is 6.00. The van der Waals surface area contributed by atoms with Gasteiger partial charge in [0.25, 0.3) is 0 Å². The molecule has 0 spiro atoms. The van der Waals surface area contributed by atoms with E-state index in [9.17, 15) is 10.1 Å². The van der Waals surface area contributed by atoms with Crippen LogP contribution in [0.1, 0.15) is 42.7 Å². The molecule has 4 rings (SSSR count). The summed E-state index contributed by atoms with van der Waals surface area (Å²) in [6.45, 7) is 2.49. The molecule has 0 radical (unpaired) electrons. The molecular weight excluding hydrogens is 364 g/mol. The molecule has 2 aromatic carbocycles. The summed E-state index contributed by atoms with van der Waals surface area (Å²) in [6, 6.07) is 19.5. The Morgan fingerprint density at radius 3 is 2.48 bits per heavy atom. The largest absolute Gasteiger partial charge is 0.494 e. The average Bonchev–Trinajstić information content (AvgIpc) is 2.74. The van der Waals surface area contributed by atoms with Crippen LogP contribution < -0.4 is 10.5 Å². The summed E-state index contributed by atoms with van der Waals surface area (Å²) in [5.41, 5.74) is 8.85. The predicted molar refractivity (Wildman–Crippen MR) is 109 cm³/mol. The van der Waals surface area contributed by atoms with Gasteiger partial charge in [0.2, 0.25) is 5.88 Å². The Kier molecular flexibility index (Phi) is 5.09. The summed E-state index contributed by atoms with van der Waals surface area (Å²) >= 11 is 0. The Morgan fingerprint density at radius 1 is 1.10 bits per heavy atom. The second-order valence-corrected chi connectivity index (χ2v) is 7.20. The third kappa shape index (κ3) is 3.50. The number of Topliss-reactive ketones (excluding diaryl/α,β-unsaturated/α-hetero) is 1. The van der Waals surface area contributed by atoms with E-state index in [-0.39, 0.29) is 23.2 Å². The van der Waals surface area contributed by atoms with E-state index in [1.54, 1.807) is 0 Å². The van der Waals surface area contributed by atoms with Crippen molar-refractivity contribution >= 4 is 5.78 Å². The van der Waals surface area contributed by atoms with Crippen molar-refractivity contribution in [1.82, 2.24) is 0 Å². The van der Waals surface area contributed by atoms with Crippen LogP contribution in [0.4, 0.5) is 0 Å². The Balaban J connectivity index is 1.74. The van der Waals surface area contributed by atoms with E-state index in [0.717, 1.165) is 16.9 Å². The van der Waals surface area contributed by atoms with Gasteiger partial charge < -0.3 is 15.2 Å². The van der Waals surface area contributed by atoms with Gasteiger partial charge in [-0.15, -0.1) is 0 Å². The molecule has 2 atom stereocenters. The van der Waals surface area contributed by atoms with Crippen molar-refractivity contribution in [2.24, 2.45) is 5.73 Å². The summed E-state index contributed by atoms with van der Waals surface area (Å²) in [6.07, 6.45) is 0.969. The van der Waals surface area contributed by atoms with Crippen molar-refractivity contribution in [2.45, 2.75) is 31.6 Å². The van der Waals surface area contributed by atoms with Gasteiger partial charge in [0.15, 0.2) is 5.78 Å². The molecule has 0 amide bonds. The maximum absolute atomic E-state index is 13.2. The molecule has 2 N–H and O–H groups in total. The summed E-state index contributed by atoms with van der Waals surface area (Å²) < 4.78 is 11.3. The van der Waals surface area contributed by atoms with Crippen LogP contribution >= 0.6 is 0 Å². The minimum absolute atomic E-state index is 0.000706. The summed E-state index contributed by atoms with van der Waals surface area (Å²) in [5.74, 6) is 0.923. The fourth-order valence-corrected chi connectivity index (χ4v) is 4.13. The zero-order valence-corrected chi connectivity index (χ0v) is 16.2. The minimum Gasteiger partial charge on any atom is -0.494 e. The zero-order valence-electron chi connectivity index (χ0n) is 16.2. The number of carbonyl (C=O) groups excluding carboxylic acids is 1. The number of ketones is 1. The predicted octanol–water partition coefficient (Wildman–Crippen LogP) is 4.29. The van der Waals surface area contributed by atoms with Gasteiger partial charge in [0, 0.05) is 18.4 Å². The summed E-state index contributed by atoms with van der Waals surface area (Å²) in [5, 5.41) is 9.71. The monoisotopic (exact) mass is 386 g/mol. The lowest BCUT2D eigenvalue weighted by Gasteiger charge is -2.34. The fraction of sp³-hybridized carbons (Fsp3) is 0.250. The van der Waals surface area contributed by atoms with Gasteiger partial charge in [-0.3, -0.25) is 4.79 Å². The number of nitrogens with zero attached hydrogens (tertiary/aromatic N) is 1. The van der Waals surface area contributed by atoms with Crippen LogP contribution in [0.3, 0.4) is 0 Å². The molecule has 0 fully saturated rings. The highest BCUT2D eigenvalue weighted by Gasteiger charge is 2.40. The molecule has 0 bridgehead atoms. The molecule has 0 saturated heterocycles. The number of nitrogens with two attached hydrogens (primary N) is 1. The molecule has 5 heteroatoms. The van der Waals surface area contributed by atoms with Crippen molar-refractivity contribution < 1.29 is 14.3 Å². The lowest BCUT2D eigenvalue weighted by Crippen LogP contribution is -2.29. The number of ether oxygens (including phenoxy) is 2. The van der Waals surface area contributed by atoms with Crippen molar-refractivity contribution in [3.8, 4) is 11.8 Å². The molecule has 5 nitrogen and oxygen atoms in total. The van der Waals surface area contributed by atoms with Crippen molar-refractivity contribution in [1.29, 1.82) is 5.26 Å². The molecule has 0 unspecified atom stereocenters. The van der Waals surface area contributed by atoms with Crippen LogP contribution in [0.15, 0.2) is 77.4 Å². The molecule has 1 aliphatic heterocycles. The van der Waals surface area contributed by atoms with Crippen LogP contribution in [0.2, 0.25) is 0 Å². The van der Waals surface area contributed by atoms with E-state index < -0.39 is 5.92 Å². The van der Waals surface area contributed by atoms with E-state index in [1.807, 2.05) is 61.5 Å². The van der Waals surface area contributed by atoms with Crippen LogP contribution in [0.5, 0.6) is 5.75 Å². The second kappa shape index (κ2) is 7.84. The van der Waals surface area contributed by atoms with E-state index >= 15 is 0 Å². The van der Waals surface area contributed by atoms with Crippen molar-refractivity contribution in [2.75, 3.05) is 6.61 Å². The summed E-state index contributed by atoms with van der Waals surface area (Å²) in [7, 11) is 0. The third-order valence-corrected chi connectivity index (χ3v) is 5.46. The van der Waals surface area contributed by atoms with Crippen LogP contribution in [0.25, 0.3) is 0 Å². The normalized spacial score (nSPS) is 21.3. The van der Waals surface area contributed by atoms with Crippen LogP contribution in [-0.2, 0) is 9.53 Å². The van der Waals surface area contributed by atoms with Crippen LogP contribution in [0, 0.1) is 11.3 Å². The molecule has 2 aromatic rings. The Hall–Kier alpha value is -3.52.